The van der Waals surface area contributed by atoms with Crippen molar-refractivity contribution in [1.82, 2.24) is 9.62 Å². The Balaban J connectivity index is 1.45. The summed E-state index contributed by atoms with van der Waals surface area (Å²) in [7, 11) is -3.41. The minimum Gasteiger partial charge on any atom is -0.467 e. The highest BCUT2D eigenvalue weighted by Gasteiger charge is 2.35. The van der Waals surface area contributed by atoms with Crippen molar-refractivity contribution in [3.63, 3.8) is 0 Å². The average molecular weight is 394 g/mol. The summed E-state index contributed by atoms with van der Waals surface area (Å²) in [6.07, 6.45) is 5.26. The number of fused-ring (bicyclic) bond motifs is 1. The number of hydrogen-bond donors (Lipinski definition) is 1. The van der Waals surface area contributed by atoms with Crippen molar-refractivity contribution in [2.75, 3.05) is 19.9 Å². The Morgan fingerprint density at radius 2 is 1.96 bits per heavy atom. The number of likely N-dealkylation sites (tertiary alicyclic amines) is 1. The average Bonchev–Trinajstić information content (AvgIpc) is 3.19. The van der Waals surface area contributed by atoms with E-state index in [1.165, 1.54) is 0 Å². The second-order valence-electron chi connectivity index (χ2n) is 7.59. The third-order valence-electron chi connectivity index (χ3n) is 5.65. The van der Waals surface area contributed by atoms with Crippen LogP contribution in [0, 0.1) is 0 Å². The number of carbonyl (C=O) groups is 1. The van der Waals surface area contributed by atoms with E-state index in [9.17, 15) is 13.2 Å². The lowest BCUT2D eigenvalue weighted by molar-refractivity contribution is -0.0164. The molecule has 1 saturated heterocycles. The minimum atomic E-state index is -3.41. The molecule has 27 heavy (non-hydrogen) atoms. The number of amides is 1. The van der Waals surface area contributed by atoms with Gasteiger partial charge in [-0.2, -0.15) is 0 Å². The maximum Gasteiger partial charge on any atom is 0.253 e. The van der Waals surface area contributed by atoms with Crippen molar-refractivity contribution in [1.29, 1.82) is 0 Å². The van der Waals surface area contributed by atoms with Crippen LogP contribution in [0.15, 0.2) is 18.2 Å². The third kappa shape index (κ3) is 4.12. The normalized spacial score (nSPS) is 23.7. The van der Waals surface area contributed by atoms with Crippen LogP contribution in [0.4, 0.5) is 0 Å². The molecule has 4 rings (SSSR count). The molecule has 0 radical (unpaired) electrons. The summed E-state index contributed by atoms with van der Waals surface area (Å²) in [6.45, 7) is 1.46. The fourth-order valence-electron chi connectivity index (χ4n) is 4.15. The van der Waals surface area contributed by atoms with Crippen LogP contribution in [0.5, 0.6) is 5.75 Å². The number of rotatable bonds is 4. The first-order valence-electron chi connectivity index (χ1n) is 9.67. The lowest BCUT2D eigenvalue weighted by Gasteiger charge is -2.33. The Bertz CT molecular complexity index is 804. The van der Waals surface area contributed by atoms with Gasteiger partial charge in [0, 0.05) is 30.3 Å². The van der Waals surface area contributed by atoms with E-state index in [2.05, 4.69) is 4.72 Å². The standard InChI is InChI=1S/C19H26N2O5S/c22-19(14-7-8-18-15(10-14)12-25-13-26-18)21-9-3-6-17(11-21)27(23,24)20-16-4-1-2-5-16/h7-8,10,16-17,20H,1-6,9,11-13H2/t17-/m0/s1. The Labute approximate surface area is 160 Å². The van der Waals surface area contributed by atoms with E-state index in [-0.39, 0.29) is 25.3 Å². The lowest BCUT2D eigenvalue weighted by atomic mass is 10.1. The Morgan fingerprint density at radius 3 is 2.78 bits per heavy atom. The van der Waals surface area contributed by atoms with Crippen molar-refractivity contribution in [2.45, 2.75) is 56.4 Å². The summed E-state index contributed by atoms with van der Waals surface area (Å²) in [5.74, 6) is 0.599. The predicted octanol–water partition coefficient (Wildman–Crippen LogP) is 2.02. The molecule has 0 unspecified atom stereocenters. The lowest BCUT2D eigenvalue weighted by Crippen LogP contribution is -2.49. The molecule has 1 saturated carbocycles. The molecule has 0 spiro atoms. The van der Waals surface area contributed by atoms with E-state index in [0.29, 0.717) is 31.6 Å². The van der Waals surface area contributed by atoms with Gasteiger partial charge in [0.05, 0.1) is 11.9 Å². The van der Waals surface area contributed by atoms with Gasteiger partial charge < -0.3 is 14.4 Å². The van der Waals surface area contributed by atoms with Crippen molar-refractivity contribution in [3.8, 4) is 5.75 Å². The van der Waals surface area contributed by atoms with E-state index >= 15 is 0 Å². The van der Waals surface area contributed by atoms with Gasteiger partial charge in [0.25, 0.3) is 5.91 Å². The van der Waals surface area contributed by atoms with Crippen LogP contribution >= 0.6 is 0 Å². The number of nitrogens with one attached hydrogen (secondary N) is 1. The molecule has 8 heteroatoms. The molecule has 7 nitrogen and oxygen atoms in total. The number of nitrogens with zero attached hydrogens (tertiary/aromatic N) is 1. The molecule has 1 atom stereocenters. The molecule has 1 amide bonds. The van der Waals surface area contributed by atoms with Crippen molar-refractivity contribution < 1.29 is 22.7 Å². The van der Waals surface area contributed by atoms with Gasteiger partial charge in [-0.15, -0.1) is 0 Å². The van der Waals surface area contributed by atoms with Crippen molar-refractivity contribution in [3.05, 3.63) is 29.3 Å². The van der Waals surface area contributed by atoms with Gasteiger partial charge >= 0.3 is 0 Å². The third-order valence-corrected chi connectivity index (χ3v) is 7.58. The first-order valence-corrected chi connectivity index (χ1v) is 11.2. The highest BCUT2D eigenvalue weighted by Crippen LogP contribution is 2.27. The molecular weight excluding hydrogens is 368 g/mol. The quantitative estimate of drug-likeness (QED) is 0.845. The Kier molecular flexibility index (Phi) is 5.39. The van der Waals surface area contributed by atoms with E-state index in [1.807, 2.05) is 0 Å². The molecule has 1 N–H and O–H groups in total. The topological polar surface area (TPSA) is 84.9 Å². The Hall–Kier alpha value is -1.64. The van der Waals surface area contributed by atoms with E-state index in [1.54, 1.807) is 23.1 Å². The van der Waals surface area contributed by atoms with Gasteiger partial charge in [-0.25, -0.2) is 13.1 Å². The first kappa shape index (κ1) is 18.7. The molecule has 148 valence electrons. The van der Waals surface area contributed by atoms with Crippen LogP contribution in [-0.4, -0.2) is 50.4 Å². The van der Waals surface area contributed by atoms with Gasteiger partial charge in [0.1, 0.15) is 5.75 Å². The molecule has 3 aliphatic rings. The SMILES string of the molecule is O=C(c1ccc2c(c1)COCO2)N1CCC[C@H](S(=O)(=O)NC2CCCC2)C1. The van der Waals surface area contributed by atoms with Crippen LogP contribution in [0.3, 0.4) is 0 Å². The fraction of sp³-hybridized carbons (Fsp3) is 0.632. The summed E-state index contributed by atoms with van der Waals surface area (Å²) in [6, 6.07) is 5.36. The molecule has 2 aliphatic heterocycles. The predicted molar refractivity (Wildman–Crippen MR) is 100.0 cm³/mol. The second kappa shape index (κ2) is 7.77. The number of carbonyl (C=O) groups excluding carboxylic acids is 1. The van der Waals surface area contributed by atoms with Gasteiger partial charge in [0.15, 0.2) is 6.79 Å². The molecular formula is C19H26N2O5S. The van der Waals surface area contributed by atoms with E-state index in [0.717, 1.165) is 37.0 Å². The zero-order chi connectivity index (χ0) is 18.9. The Morgan fingerprint density at radius 1 is 1.15 bits per heavy atom. The van der Waals surface area contributed by atoms with Crippen LogP contribution in [-0.2, 0) is 21.4 Å². The number of piperidine rings is 1. The van der Waals surface area contributed by atoms with Gasteiger partial charge in [0.2, 0.25) is 10.0 Å². The first-order chi connectivity index (χ1) is 13.0. The maximum absolute atomic E-state index is 12.9. The molecule has 1 aliphatic carbocycles. The number of benzene rings is 1. The smallest absolute Gasteiger partial charge is 0.253 e. The molecule has 2 heterocycles. The highest BCUT2D eigenvalue weighted by atomic mass is 32.2. The van der Waals surface area contributed by atoms with E-state index in [4.69, 9.17) is 9.47 Å². The molecule has 2 fully saturated rings. The van der Waals surface area contributed by atoms with Gasteiger partial charge in [-0.3, -0.25) is 4.79 Å². The minimum absolute atomic E-state index is 0.0572. The summed E-state index contributed by atoms with van der Waals surface area (Å²) in [5.41, 5.74) is 1.39. The van der Waals surface area contributed by atoms with Crippen LogP contribution in [0.25, 0.3) is 0 Å². The van der Waals surface area contributed by atoms with E-state index < -0.39 is 15.3 Å². The monoisotopic (exact) mass is 394 g/mol. The highest BCUT2D eigenvalue weighted by molar-refractivity contribution is 7.90. The number of sulfonamides is 1. The van der Waals surface area contributed by atoms with Crippen molar-refractivity contribution in [2.24, 2.45) is 0 Å². The van der Waals surface area contributed by atoms with Gasteiger partial charge in [-0.05, 0) is 43.9 Å². The van der Waals surface area contributed by atoms with Crippen LogP contribution in [0.1, 0.15) is 54.4 Å². The zero-order valence-electron chi connectivity index (χ0n) is 15.4. The number of ether oxygens (including phenoxy) is 2. The maximum atomic E-state index is 12.9. The molecule has 0 aromatic heterocycles. The van der Waals surface area contributed by atoms with Crippen molar-refractivity contribution >= 4 is 15.9 Å². The van der Waals surface area contributed by atoms with Crippen LogP contribution < -0.4 is 9.46 Å². The zero-order valence-corrected chi connectivity index (χ0v) is 16.2. The molecule has 1 aromatic rings. The second-order valence-corrected chi connectivity index (χ2v) is 9.59. The largest absolute Gasteiger partial charge is 0.467 e. The summed E-state index contributed by atoms with van der Waals surface area (Å²) < 4.78 is 39.0. The fourth-order valence-corrected chi connectivity index (χ4v) is 5.90. The summed E-state index contributed by atoms with van der Waals surface area (Å²) in [4.78, 5) is 14.6. The molecule has 0 bridgehead atoms. The number of hydrogen-bond acceptors (Lipinski definition) is 5. The van der Waals surface area contributed by atoms with Crippen LogP contribution in [0.2, 0.25) is 0 Å². The van der Waals surface area contributed by atoms with Gasteiger partial charge in [-0.1, -0.05) is 12.8 Å². The molecule has 1 aromatic carbocycles. The summed E-state index contributed by atoms with van der Waals surface area (Å²) in [5, 5.41) is -0.542. The summed E-state index contributed by atoms with van der Waals surface area (Å²) >= 11 is 0.